The van der Waals surface area contributed by atoms with Crippen LogP contribution >= 0.6 is 0 Å². The van der Waals surface area contributed by atoms with Gasteiger partial charge in [0.05, 0.1) is 0 Å². The van der Waals surface area contributed by atoms with E-state index >= 15 is 0 Å². The van der Waals surface area contributed by atoms with E-state index in [0.29, 0.717) is 11.6 Å². The SMILES string of the molecule is Cc1nc(N)cc(NC(C)(C)CC(C)(C)C)n1. The maximum absolute atomic E-state index is 5.71. The van der Waals surface area contributed by atoms with Crippen LogP contribution in [0.25, 0.3) is 0 Å². The molecule has 0 bridgehead atoms. The molecule has 0 amide bonds. The predicted octanol–water partition coefficient (Wildman–Crippen LogP) is 2.99. The van der Waals surface area contributed by atoms with Crippen LogP contribution in [0, 0.1) is 12.3 Å². The van der Waals surface area contributed by atoms with Gasteiger partial charge in [-0.25, -0.2) is 9.97 Å². The maximum Gasteiger partial charge on any atom is 0.132 e. The van der Waals surface area contributed by atoms with Gasteiger partial charge in [-0.1, -0.05) is 20.8 Å². The Labute approximate surface area is 104 Å². The van der Waals surface area contributed by atoms with Crippen LogP contribution in [0.3, 0.4) is 0 Å². The largest absolute Gasteiger partial charge is 0.384 e. The van der Waals surface area contributed by atoms with Gasteiger partial charge in [-0.05, 0) is 32.6 Å². The molecule has 96 valence electrons. The van der Waals surface area contributed by atoms with Crippen molar-refractivity contribution in [2.24, 2.45) is 5.41 Å². The molecule has 1 aromatic rings. The van der Waals surface area contributed by atoms with E-state index in [1.165, 1.54) is 0 Å². The summed E-state index contributed by atoms with van der Waals surface area (Å²) in [5, 5.41) is 3.43. The second kappa shape index (κ2) is 4.51. The van der Waals surface area contributed by atoms with Gasteiger partial charge in [0.1, 0.15) is 17.5 Å². The molecule has 17 heavy (non-hydrogen) atoms. The minimum Gasteiger partial charge on any atom is -0.384 e. The van der Waals surface area contributed by atoms with E-state index in [2.05, 4.69) is 49.9 Å². The summed E-state index contributed by atoms with van der Waals surface area (Å²) in [6.45, 7) is 12.9. The smallest absolute Gasteiger partial charge is 0.132 e. The lowest BCUT2D eigenvalue weighted by Gasteiger charge is -2.33. The third kappa shape index (κ3) is 5.02. The van der Waals surface area contributed by atoms with Crippen molar-refractivity contribution >= 4 is 11.6 Å². The highest BCUT2D eigenvalue weighted by atomic mass is 15.1. The van der Waals surface area contributed by atoms with Gasteiger partial charge in [0.2, 0.25) is 0 Å². The average Bonchev–Trinajstić information content (AvgIpc) is 1.93. The Morgan fingerprint density at radius 1 is 1.18 bits per heavy atom. The third-order valence-corrected chi connectivity index (χ3v) is 2.30. The van der Waals surface area contributed by atoms with Crippen LogP contribution in [-0.2, 0) is 0 Å². The Bertz CT molecular complexity index is 371. The van der Waals surface area contributed by atoms with Crippen molar-refractivity contribution in [1.82, 2.24) is 9.97 Å². The molecule has 0 spiro atoms. The molecule has 4 heteroatoms. The van der Waals surface area contributed by atoms with Gasteiger partial charge in [-0.15, -0.1) is 0 Å². The summed E-state index contributed by atoms with van der Waals surface area (Å²) in [7, 11) is 0. The molecule has 4 nitrogen and oxygen atoms in total. The number of nitrogens with zero attached hydrogens (tertiary/aromatic N) is 2. The van der Waals surface area contributed by atoms with Crippen molar-refractivity contribution < 1.29 is 0 Å². The van der Waals surface area contributed by atoms with Gasteiger partial charge < -0.3 is 11.1 Å². The Kier molecular flexibility index (Phi) is 3.65. The molecule has 0 saturated carbocycles. The molecule has 0 aliphatic carbocycles. The van der Waals surface area contributed by atoms with E-state index in [4.69, 9.17) is 5.73 Å². The maximum atomic E-state index is 5.71. The molecule has 0 unspecified atom stereocenters. The molecule has 0 atom stereocenters. The van der Waals surface area contributed by atoms with Crippen LogP contribution < -0.4 is 11.1 Å². The zero-order chi connectivity index (χ0) is 13.3. The summed E-state index contributed by atoms with van der Waals surface area (Å²) in [5.41, 5.74) is 5.96. The zero-order valence-corrected chi connectivity index (χ0v) is 11.8. The molecule has 0 radical (unpaired) electrons. The first-order chi connectivity index (χ1) is 7.57. The fraction of sp³-hybridized carbons (Fsp3) is 0.692. The van der Waals surface area contributed by atoms with Gasteiger partial charge in [-0.2, -0.15) is 0 Å². The van der Waals surface area contributed by atoms with Crippen molar-refractivity contribution in [3.05, 3.63) is 11.9 Å². The monoisotopic (exact) mass is 236 g/mol. The van der Waals surface area contributed by atoms with E-state index < -0.39 is 0 Å². The number of nitrogens with one attached hydrogen (secondary N) is 1. The van der Waals surface area contributed by atoms with Crippen LogP contribution in [-0.4, -0.2) is 15.5 Å². The van der Waals surface area contributed by atoms with E-state index in [9.17, 15) is 0 Å². The van der Waals surface area contributed by atoms with Gasteiger partial charge in [0, 0.05) is 11.6 Å². The molecule has 0 saturated heterocycles. The summed E-state index contributed by atoms with van der Waals surface area (Å²) < 4.78 is 0. The lowest BCUT2D eigenvalue weighted by molar-refractivity contribution is 0.302. The van der Waals surface area contributed by atoms with Crippen molar-refractivity contribution in [2.45, 2.75) is 53.5 Å². The minimum atomic E-state index is -0.0223. The minimum absolute atomic E-state index is 0.0223. The summed E-state index contributed by atoms with van der Waals surface area (Å²) >= 11 is 0. The van der Waals surface area contributed by atoms with E-state index in [-0.39, 0.29) is 11.0 Å². The van der Waals surface area contributed by atoms with Crippen LogP contribution in [0.2, 0.25) is 0 Å². The summed E-state index contributed by atoms with van der Waals surface area (Å²) in [4.78, 5) is 8.41. The molecule has 0 aliphatic heterocycles. The predicted molar refractivity (Wildman–Crippen MR) is 73.0 cm³/mol. The lowest BCUT2D eigenvalue weighted by atomic mass is 9.82. The van der Waals surface area contributed by atoms with E-state index in [0.717, 1.165) is 12.2 Å². The van der Waals surface area contributed by atoms with E-state index in [1.807, 2.05) is 6.92 Å². The van der Waals surface area contributed by atoms with Crippen molar-refractivity contribution in [2.75, 3.05) is 11.1 Å². The van der Waals surface area contributed by atoms with Gasteiger partial charge in [0.25, 0.3) is 0 Å². The Hall–Kier alpha value is -1.32. The molecule has 1 aromatic heterocycles. The number of hydrogen-bond acceptors (Lipinski definition) is 4. The van der Waals surface area contributed by atoms with Crippen LogP contribution in [0.5, 0.6) is 0 Å². The molecule has 1 rings (SSSR count). The molecule has 3 N–H and O–H groups in total. The first-order valence-corrected chi connectivity index (χ1v) is 5.97. The molecular formula is C13H24N4. The van der Waals surface area contributed by atoms with E-state index in [1.54, 1.807) is 6.07 Å². The van der Waals surface area contributed by atoms with Crippen LogP contribution in [0.1, 0.15) is 46.9 Å². The van der Waals surface area contributed by atoms with Gasteiger partial charge in [-0.3, -0.25) is 0 Å². The van der Waals surface area contributed by atoms with Crippen LogP contribution in [0.15, 0.2) is 6.07 Å². The third-order valence-electron chi connectivity index (χ3n) is 2.30. The number of hydrogen-bond donors (Lipinski definition) is 2. The van der Waals surface area contributed by atoms with Crippen LogP contribution in [0.4, 0.5) is 11.6 Å². The normalized spacial score (nSPS) is 12.6. The summed E-state index contributed by atoms with van der Waals surface area (Å²) in [6, 6.07) is 1.78. The quantitative estimate of drug-likeness (QED) is 0.846. The first-order valence-electron chi connectivity index (χ1n) is 5.97. The standard InChI is InChI=1S/C13H24N4/c1-9-15-10(14)7-11(16-9)17-13(5,6)8-12(2,3)4/h7H,8H2,1-6H3,(H3,14,15,16,17). The number of rotatable bonds is 3. The highest BCUT2D eigenvalue weighted by Gasteiger charge is 2.25. The molecule has 0 aromatic carbocycles. The van der Waals surface area contributed by atoms with Gasteiger partial charge >= 0.3 is 0 Å². The average molecular weight is 236 g/mol. The fourth-order valence-electron chi connectivity index (χ4n) is 2.37. The first kappa shape index (κ1) is 13.7. The molecule has 0 aliphatic rings. The Morgan fingerprint density at radius 3 is 2.24 bits per heavy atom. The molecule has 0 fully saturated rings. The summed E-state index contributed by atoms with van der Waals surface area (Å²) in [6.07, 6.45) is 1.04. The number of nitrogens with two attached hydrogens (primary N) is 1. The van der Waals surface area contributed by atoms with Crippen molar-refractivity contribution in [3.8, 4) is 0 Å². The number of aryl methyl sites for hydroxylation is 1. The number of aromatic nitrogens is 2. The zero-order valence-electron chi connectivity index (χ0n) is 11.8. The molecule has 1 heterocycles. The second-order valence-corrected chi connectivity index (χ2v) is 6.47. The second-order valence-electron chi connectivity index (χ2n) is 6.47. The fourth-order valence-corrected chi connectivity index (χ4v) is 2.37. The lowest BCUT2D eigenvalue weighted by Crippen LogP contribution is -2.35. The van der Waals surface area contributed by atoms with Crippen molar-refractivity contribution in [3.63, 3.8) is 0 Å². The molecular weight excluding hydrogens is 212 g/mol. The highest BCUT2D eigenvalue weighted by molar-refractivity contribution is 5.46. The summed E-state index contributed by atoms with van der Waals surface area (Å²) in [5.74, 6) is 2.00. The topological polar surface area (TPSA) is 63.8 Å². The van der Waals surface area contributed by atoms with Crippen molar-refractivity contribution in [1.29, 1.82) is 0 Å². The Balaban J connectivity index is 2.82. The number of nitrogen functional groups attached to an aromatic ring is 1. The number of anilines is 2. The van der Waals surface area contributed by atoms with Gasteiger partial charge in [0.15, 0.2) is 0 Å². The highest BCUT2D eigenvalue weighted by Crippen LogP contribution is 2.29. The Morgan fingerprint density at radius 2 is 1.76 bits per heavy atom.